The molecule has 1 heterocycles. The fourth-order valence-electron chi connectivity index (χ4n) is 3.58. The minimum atomic E-state index is -4.98. The topological polar surface area (TPSA) is 154 Å². The molecule has 1 unspecified atom stereocenters. The average molecular weight is 523 g/mol. The zero-order chi connectivity index (χ0) is 26.1. The van der Waals surface area contributed by atoms with Crippen LogP contribution in [0.3, 0.4) is 0 Å². The van der Waals surface area contributed by atoms with Crippen LogP contribution < -0.4 is 20.7 Å². The summed E-state index contributed by atoms with van der Waals surface area (Å²) in [4.78, 5) is 34.2. The van der Waals surface area contributed by atoms with Crippen LogP contribution >= 0.6 is 0 Å². The third kappa shape index (κ3) is 9.45. The molecule has 1 saturated heterocycles. The summed E-state index contributed by atoms with van der Waals surface area (Å²) in [6.07, 6.45) is -2.07. The smallest absolute Gasteiger partial charge is 0.417 e. The summed E-state index contributed by atoms with van der Waals surface area (Å²) in [6, 6.07) is 1.43. The highest BCUT2D eigenvalue weighted by atomic mass is 32.2. The van der Waals surface area contributed by atoms with Crippen LogP contribution in [0, 0.1) is 5.92 Å². The maximum absolute atomic E-state index is 13.1. The molecular formula is C21H29F3N4O6S. The van der Waals surface area contributed by atoms with Crippen LogP contribution in [-0.4, -0.2) is 63.5 Å². The molecule has 0 radical (unpaired) electrons. The van der Waals surface area contributed by atoms with E-state index in [1.54, 1.807) is 4.72 Å². The highest BCUT2D eigenvalue weighted by Crippen LogP contribution is 2.33. The molecule has 5 N–H and O–H groups in total. The van der Waals surface area contributed by atoms with Gasteiger partial charge in [0.15, 0.2) is 0 Å². The first-order valence-electron chi connectivity index (χ1n) is 11.1. The number of halogens is 3. The number of sulfonamides is 1. The second-order valence-corrected chi connectivity index (χ2v) is 9.82. The molecule has 0 spiro atoms. The number of carbonyl (C=O) groups excluding carboxylic acids is 2. The standard InChI is InChI=1S/C21H29F3N4O6S/c22-21(23,24)15-3-1-2-4-17(15)35(33,34)28-16(20(31)32)13-27-19(30)9-12-26-18(29)6-5-14-7-10-25-11-8-14/h1-4,14,16,25,28H,5-13H2,(H,26,29)(H,27,30)(H,31,32). The Balaban J connectivity index is 1.82. The van der Waals surface area contributed by atoms with Gasteiger partial charge >= 0.3 is 12.1 Å². The predicted molar refractivity (Wildman–Crippen MR) is 119 cm³/mol. The molecule has 1 aliphatic heterocycles. The Hall–Kier alpha value is -2.71. The molecule has 1 aromatic rings. The highest BCUT2D eigenvalue weighted by Gasteiger charge is 2.38. The maximum Gasteiger partial charge on any atom is 0.417 e. The van der Waals surface area contributed by atoms with Gasteiger partial charge in [-0.15, -0.1) is 0 Å². The number of nitrogens with one attached hydrogen (secondary N) is 4. The van der Waals surface area contributed by atoms with E-state index in [1.807, 2.05) is 0 Å². The fourth-order valence-corrected chi connectivity index (χ4v) is 5.00. The Labute approximate surface area is 201 Å². The summed E-state index contributed by atoms with van der Waals surface area (Å²) in [5.74, 6) is -2.09. The Morgan fingerprint density at radius 2 is 1.69 bits per heavy atom. The molecule has 2 amide bonds. The van der Waals surface area contributed by atoms with E-state index in [-0.39, 0.29) is 18.9 Å². The number of carbonyl (C=O) groups is 3. The second kappa shape index (κ2) is 12.8. The van der Waals surface area contributed by atoms with E-state index in [1.165, 1.54) is 0 Å². The van der Waals surface area contributed by atoms with E-state index in [0.717, 1.165) is 44.5 Å². The molecule has 1 atom stereocenters. The lowest BCUT2D eigenvalue weighted by Crippen LogP contribution is -2.48. The normalized spacial score (nSPS) is 15.9. The van der Waals surface area contributed by atoms with Crippen molar-refractivity contribution in [1.29, 1.82) is 0 Å². The minimum absolute atomic E-state index is 0.000682. The molecule has 0 saturated carbocycles. The van der Waals surface area contributed by atoms with Crippen molar-refractivity contribution in [2.24, 2.45) is 5.92 Å². The molecule has 1 aliphatic rings. The highest BCUT2D eigenvalue weighted by molar-refractivity contribution is 7.89. The summed E-state index contributed by atoms with van der Waals surface area (Å²) in [5.41, 5.74) is -1.45. The number of hydrogen-bond acceptors (Lipinski definition) is 6. The van der Waals surface area contributed by atoms with Gasteiger partial charge in [0, 0.05) is 25.9 Å². The predicted octanol–water partition coefficient (Wildman–Crippen LogP) is 0.839. The van der Waals surface area contributed by atoms with Gasteiger partial charge in [0.1, 0.15) is 6.04 Å². The quantitative estimate of drug-likeness (QED) is 0.273. The summed E-state index contributed by atoms with van der Waals surface area (Å²) in [5, 5.41) is 17.3. The number of rotatable bonds is 12. The molecule has 14 heteroatoms. The number of aliphatic carboxylic acids is 1. The third-order valence-electron chi connectivity index (χ3n) is 5.49. The van der Waals surface area contributed by atoms with E-state index in [0.29, 0.717) is 24.5 Å². The van der Waals surface area contributed by atoms with Crippen molar-refractivity contribution in [2.75, 3.05) is 26.2 Å². The number of piperidine rings is 1. The number of alkyl halides is 3. The van der Waals surface area contributed by atoms with Gasteiger partial charge < -0.3 is 21.1 Å². The van der Waals surface area contributed by atoms with Crippen molar-refractivity contribution < 1.29 is 41.1 Å². The van der Waals surface area contributed by atoms with E-state index in [4.69, 9.17) is 0 Å². The Morgan fingerprint density at radius 1 is 1.06 bits per heavy atom. The van der Waals surface area contributed by atoms with Gasteiger partial charge in [-0.25, -0.2) is 8.42 Å². The van der Waals surface area contributed by atoms with Crippen molar-refractivity contribution in [2.45, 2.75) is 49.2 Å². The molecule has 1 fully saturated rings. The molecule has 10 nitrogen and oxygen atoms in total. The van der Waals surface area contributed by atoms with Crippen LogP contribution in [0.25, 0.3) is 0 Å². The number of carboxylic acid groups (broad SMARTS) is 1. The van der Waals surface area contributed by atoms with Crippen LogP contribution in [0.15, 0.2) is 29.2 Å². The van der Waals surface area contributed by atoms with Gasteiger partial charge in [-0.05, 0) is 50.4 Å². The lowest BCUT2D eigenvalue weighted by atomic mass is 9.93. The third-order valence-corrected chi connectivity index (χ3v) is 7.02. The van der Waals surface area contributed by atoms with Gasteiger partial charge in [0.25, 0.3) is 0 Å². The first-order chi connectivity index (χ1) is 16.4. The van der Waals surface area contributed by atoms with Crippen molar-refractivity contribution >= 4 is 27.8 Å². The Kier molecular flexibility index (Phi) is 10.5. The molecule has 196 valence electrons. The molecule has 0 bridgehead atoms. The van der Waals surface area contributed by atoms with E-state index in [2.05, 4.69) is 16.0 Å². The summed E-state index contributed by atoms with van der Waals surface area (Å²) in [7, 11) is -4.87. The molecule has 35 heavy (non-hydrogen) atoms. The Bertz CT molecular complexity index is 997. The van der Waals surface area contributed by atoms with Crippen LogP contribution in [0.5, 0.6) is 0 Å². The number of carboxylic acids is 1. The van der Waals surface area contributed by atoms with Crippen LogP contribution in [0.4, 0.5) is 13.2 Å². The largest absolute Gasteiger partial charge is 0.480 e. The summed E-state index contributed by atoms with van der Waals surface area (Å²) < 4.78 is 66.0. The number of hydrogen-bond donors (Lipinski definition) is 5. The molecule has 2 rings (SSSR count). The summed E-state index contributed by atoms with van der Waals surface area (Å²) >= 11 is 0. The zero-order valence-electron chi connectivity index (χ0n) is 18.9. The van der Waals surface area contributed by atoms with Crippen molar-refractivity contribution in [3.8, 4) is 0 Å². The number of amides is 2. The molecular weight excluding hydrogens is 493 g/mol. The van der Waals surface area contributed by atoms with Gasteiger partial charge in [-0.3, -0.25) is 14.4 Å². The van der Waals surface area contributed by atoms with Gasteiger partial charge in [0.05, 0.1) is 10.5 Å². The molecule has 0 aliphatic carbocycles. The molecule has 1 aromatic carbocycles. The SMILES string of the molecule is O=C(CCC1CCNCC1)NCCC(=O)NCC(NS(=O)(=O)c1ccccc1C(F)(F)F)C(=O)O. The fraction of sp³-hybridized carbons (Fsp3) is 0.571. The maximum atomic E-state index is 13.1. The number of benzene rings is 1. The van der Waals surface area contributed by atoms with Gasteiger partial charge in [-0.1, -0.05) is 12.1 Å². The Morgan fingerprint density at radius 3 is 2.31 bits per heavy atom. The second-order valence-electron chi connectivity index (χ2n) is 8.14. The van der Waals surface area contributed by atoms with Crippen LogP contribution in [0.2, 0.25) is 0 Å². The van der Waals surface area contributed by atoms with Gasteiger partial charge in [0.2, 0.25) is 21.8 Å². The molecule has 0 aromatic heterocycles. The first-order valence-corrected chi connectivity index (χ1v) is 12.5. The van der Waals surface area contributed by atoms with Crippen LogP contribution in [0.1, 0.15) is 37.7 Å². The lowest BCUT2D eigenvalue weighted by Gasteiger charge is -2.22. The van der Waals surface area contributed by atoms with Gasteiger partial charge in [-0.2, -0.15) is 17.9 Å². The van der Waals surface area contributed by atoms with Crippen LogP contribution in [-0.2, 0) is 30.6 Å². The monoisotopic (exact) mass is 522 g/mol. The zero-order valence-corrected chi connectivity index (χ0v) is 19.7. The van der Waals surface area contributed by atoms with Crippen molar-refractivity contribution in [3.05, 3.63) is 29.8 Å². The van der Waals surface area contributed by atoms with E-state index < -0.39 is 51.1 Å². The summed E-state index contributed by atoms with van der Waals surface area (Å²) in [6.45, 7) is 1.15. The lowest BCUT2D eigenvalue weighted by molar-refractivity contribution is -0.140. The average Bonchev–Trinajstić information content (AvgIpc) is 2.80. The van der Waals surface area contributed by atoms with Crippen molar-refractivity contribution in [3.63, 3.8) is 0 Å². The van der Waals surface area contributed by atoms with E-state index >= 15 is 0 Å². The van der Waals surface area contributed by atoms with E-state index in [9.17, 15) is 41.1 Å². The first kappa shape index (κ1) is 28.5. The minimum Gasteiger partial charge on any atom is -0.480 e. The van der Waals surface area contributed by atoms with Crippen molar-refractivity contribution in [1.82, 2.24) is 20.7 Å².